The van der Waals surface area contributed by atoms with Crippen LogP contribution in [0.3, 0.4) is 0 Å². The molecule has 1 heterocycles. The minimum atomic E-state index is -1.21. The minimum Gasteiger partial charge on any atom is -0.489 e. The number of carbonyl (C=O) groups is 2. The highest BCUT2D eigenvalue weighted by Gasteiger charge is 2.35. The Balaban J connectivity index is 1.88. The van der Waals surface area contributed by atoms with Crippen LogP contribution in [0.5, 0.6) is 5.75 Å². The average molecular weight is 459 g/mol. The van der Waals surface area contributed by atoms with E-state index >= 15 is 0 Å². The Morgan fingerprint density at radius 3 is 2.74 bits per heavy atom. The Kier molecular flexibility index (Phi) is 7.90. The Hall–Kier alpha value is -2.61. The first kappa shape index (κ1) is 23.1. The van der Waals surface area contributed by atoms with Gasteiger partial charge in [-0.25, -0.2) is 0 Å². The molecule has 31 heavy (non-hydrogen) atoms. The fraction of sp³-hybridized carbons (Fsp3) is 0.261. The second kappa shape index (κ2) is 10.6. The van der Waals surface area contributed by atoms with Gasteiger partial charge in [-0.3, -0.25) is 14.7 Å². The number of rotatable bonds is 8. The second-order valence-corrected chi connectivity index (χ2v) is 8.32. The fourth-order valence-electron chi connectivity index (χ4n) is 2.90. The second-order valence-electron chi connectivity index (χ2n) is 6.91. The molecular formula is C23H23ClN2O4S. The predicted octanol–water partition coefficient (Wildman–Crippen LogP) is 4.47. The van der Waals surface area contributed by atoms with Crippen LogP contribution in [0.25, 0.3) is 6.08 Å². The first-order chi connectivity index (χ1) is 14.9. The molecule has 1 atom stereocenters. The number of para-hydroxylation sites is 1. The molecular weight excluding hydrogens is 436 g/mol. The smallest absolute Gasteiger partial charge is 0.271 e. The van der Waals surface area contributed by atoms with E-state index < -0.39 is 6.10 Å². The first-order valence-corrected chi connectivity index (χ1v) is 11.0. The molecule has 1 saturated heterocycles. The van der Waals surface area contributed by atoms with Crippen molar-refractivity contribution in [2.75, 3.05) is 18.1 Å². The molecule has 3 rings (SSSR count). The zero-order valence-electron chi connectivity index (χ0n) is 17.2. The summed E-state index contributed by atoms with van der Waals surface area (Å²) in [6.07, 6.45) is 1.84. The Labute approximate surface area is 190 Å². The van der Waals surface area contributed by atoms with E-state index in [4.69, 9.17) is 16.3 Å². The Bertz CT molecular complexity index is 1040. The number of carbonyl (C=O) groups excluding carboxylic acids is 2. The third-order valence-electron chi connectivity index (χ3n) is 4.45. The van der Waals surface area contributed by atoms with Gasteiger partial charge in [-0.15, -0.1) is 0 Å². The van der Waals surface area contributed by atoms with Gasteiger partial charge in [0.15, 0.2) is 11.5 Å². The summed E-state index contributed by atoms with van der Waals surface area (Å²) in [6.45, 7) is 4.46. The SMILES string of the molecule is CCCN=C1SC(=Cc2ccc(OCC(O)C=O)c(Cl)c2)C(=O)N1c1ccccc1C. The number of halogens is 1. The molecule has 8 heteroatoms. The van der Waals surface area contributed by atoms with Gasteiger partial charge in [0.1, 0.15) is 18.5 Å². The largest absolute Gasteiger partial charge is 0.489 e. The number of amides is 1. The van der Waals surface area contributed by atoms with E-state index in [2.05, 4.69) is 4.99 Å². The molecule has 2 aromatic rings. The van der Waals surface area contributed by atoms with Crippen molar-refractivity contribution in [3.8, 4) is 5.75 Å². The van der Waals surface area contributed by atoms with Crippen molar-refractivity contribution in [1.29, 1.82) is 0 Å². The standard InChI is InChI=1S/C23H23ClN2O4S/c1-3-10-25-23-26(19-7-5-4-6-15(19)2)22(29)21(31-23)12-16-8-9-20(18(24)11-16)30-14-17(28)13-27/h4-9,11-13,17,28H,3,10,14H2,1-2H3. The summed E-state index contributed by atoms with van der Waals surface area (Å²) in [5.74, 6) is 0.210. The number of aliphatic hydroxyl groups is 1. The third-order valence-corrected chi connectivity index (χ3v) is 5.76. The van der Waals surface area contributed by atoms with Crippen LogP contribution < -0.4 is 9.64 Å². The fourth-order valence-corrected chi connectivity index (χ4v) is 4.15. The normalized spacial score (nSPS) is 17.4. The van der Waals surface area contributed by atoms with Gasteiger partial charge in [0.25, 0.3) is 5.91 Å². The molecule has 1 fully saturated rings. The summed E-state index contributed by atoms with van der Waals surface area (Å²) < 4.78 is 5.35. The van der Waals surface area contributed by atoms with E-state index in [1.54, 1.807) is 29.2 Å². The molecule has 2 aromatic carbocycles. The lowest BCUT2D eigenvalue weighted by Gasteiger charge is -2.18. The number of ether oxygens (including phenoxy) is 1. The average Bonchev–Trinajstić information content (AvgIpc) is 3.06. The summed E-state index contributed by atoms with van der Waals surface area (Å²) in [5.41, 5.74) is 2.53. The molecule has 0 saturated carbocycles. The van der Waals surface area contributed by atoms with Crippen molar-refractivity contribution in [2.45, 2.75) is 26.4 Å². The number of benzene rings is 2. The Morgan fingerprint density at radius 1 is 1.29 bits per heavy atom. The lowest BCUT2D eigenvalue weighted by atomic mass is 10.1. The molecule has 1 unspecified atom stereocenters. The highest BCUT2D eigenvalue weighted by molar-refractivity contribution is 8.19. The maximum absolute atomic E-state index is 13.2. The summed E-state index contributed by atoms with van der Waals surface area (Å²) in [6, 6.07) is 12.8. The number of amidine groups is 1. The number of aliphatic imine (C=N–C) groups is 1. The van der Waals surface area contributed by atoms with Crippen LogP contribution in [-0.4, -0.2) is 41.7 Å². The van der Waals surface area contributed by atoms with Crippen LogP contribution in [0.15, 0.2) is 52.4 Å². The molecule has 1 N–H and O–H groups in total. The molecule has 0 bridgehead atoms. The van der Waals surface area contributed by atoms with Gasteiger partial charge in [0, 0.05) is 6.54 Å². The molecule has 0 radical (unpaired) electrons. The zero-order valence-corrected chi connectivity index (χ0v) is 18.8. The Morgan fingerprint density at radius 2 is 2.06 bits per heavy atom. The van der Waals surface area contributed by atoms with Crippen LogP contribution in [-0.2, 0) is 9.59 Å². The number of thioether (sulfide) groups is 1. The lowest BCUT2D eigenvalue weighted by Crippen LogP contribution is -2.29. The molecule has 0 aliphatic carbocycles. The van der Waals surface area contributed by atoms with Crippen molar-refractivity contribution in [3.63, 3.8) is 0 Å². The van der Waals surface area contributed by atoms with Crippen LogP contribution in [0.1, 0.15) is 24.5 Å². The molecule has 1 amide bonds. The van der Waals surface area contributed by atoms with Gasteiger partial charge < -0.3 is 14.6 Å². The molecule has 1 aliphatic rings. The molecule has 6 nitrogen and oxygen atoms in total. The van der Waals surface area contributed by atoms with Crippen LogP contribution in [0.4, 0.5) is 5.69 Å². The monoisotopic (exact) mass is 458 g/mol. The van der Waals surface area contributed by atoms with Gasteiger partial charge in [-0.05, 0) is 60.5 Å². The quantitative estimate of drug-likeness (QED) is 0.466. The van der Waals surface area contributed by atoms with E-state index in [9.17, 15) is 14.7 Å². The van der Waals surface area contributed by atoms with E-state index in [-0.39, 0.29) is 12.5 Å². The van der Waals surface area contributed by atoms with Crippen LogP contribution >= 0.6 is 23.4 Å². The molecule has 0 aromatic heterocycles. The van der Waals surface area contributed by atoms with Gasteiger partial charge in [-0.2, -0.15) is 0 Å². The maximum Gasteiger partial charge on any atom is 0.271 e. The van der Waals surface area contributed by atoms with E-state index in [1.807, 2.05) is 38.1 Å². The molecule has 1 aliphatic heterocycles. The molecule has 0 spiro atoms. The highest BCUT2D eigenvalue weighted by atomic mass is 35.5. The van der Waals surface area contributed by atoms with Crippen molar-refractivity contribution >= 4 is 52.5 Å². The van der Waals surface area contributed by atoms with Gasteiger partial charge in [-0.1, -0.05) is 42.8 Å². The number of aryl methyl sites for hydroxylation is 1. The minimum absolute atomic E-state index is 0.139. The number of hydrogen-bond acceptors (Lipinski definition) is 6. The maximum atomic E-state index is 13.2. The zero-order chi connectivity index (χ0) is 22.4. The van der Waals surface area contributed by atoms with Gasteiger partial charge in [0.2, 0.25) is 0 Å². The van der Waals surface area contributed by atoms with E-state index in [1.165, 1.54) is 11.8 Å². The van der Waals surface area contributed by atoms with Crippen LogP contribution in [0.2, 0.25) is 5.02 Å². The number of nitrogens with zero attached hydrogens (tertiary/aromatic N) is 2. The summed E-state index contributed by atoms with van der Waals surface area (Å²) in [5, 5.41) is 10.3. The molecule has 162 valence electrons. The lowest BCUT2D eigenvalue weighted by molar-refractivity contribution is -0.116. The summed E-state index contributed by atoms with van der Waals surface area (Å²) >= 11 is 7.60. The number of anilines is 1. The van der Waals surface area contributed by atoms with Gasteiger partial charge >= 0.3 is 0 Å². The van der Waals surface area contributed by atoms with Crippen molar-refractivity contribution in [2.24, 2.45) is 4.99 Å². The third kappa shape index (κ3) is 5.55. The van der Waals surface area contributed by atoms with Crippen LogP contribution in [0, 0.1) is 6.92 Å². The summed E-state index contributed by atoms with van der Waals surface area (Å²) in [7, 11) is 0. The van der Waals surface area contributed by atoms with Crippen molar-refractivity contribution < 1.29 is 19.4 Å². The van der Waals surface area contributed by atoms with Crippen molar-refractivity contribution in [3.05, 3.63) is 63.5 Å². The first-order valence-electron chi connectivity index (χ1n) is 9.84. The number of aldehydes is 1. The number of hydrogen-bond donors (Lipinski definition) is 1. The van der Waals surface area contributed by atoms with Crippen molar-refractivity contribution in [1.82, 2.24) is 0 Å². The van der Waals surface area contributed by atoms with Gasteiger partial charge in [0.05, 0.1) is 15.6 Å². The highest BCUT2D eigenvalue weighted by Crippen LogP contribution is 2.38. The summed E-state index contributed by atoms with van der Waals surface area (Å²) in [4.78, 5) is 30.6. The van der Waals surface area contributed by atoms with E-state index in [0.29, 0.717) is 33.7 Å². The predicted molar refractivity (Wildman–Crippen MR) is 126 cm³/mol. The number of aliphatic hydroxyl groups excluding tert-OH is 1. The van der Waals surface area contributed by atoms with E-state index in [0.717, 1.165) is 23.2 Å². The topological polar surface area (TPSA) is 79.2 Å².